The predicted octanol–water partition coefficient (Wildman–Crippen LogP) is 4.05. The van der Waals surface area contributed by atoms with Gasteiger partial charge in [0.2, 0.25) is 17.6 Å². The number of primary amides is 1. The smallest absolute Gasteiger partial charge is 0.242 e. The molecule has 2 heterocycles. The minimum Gasteiger partial charge on any atom is -0.493 e. The molecule has 3 N–H and O–H groups in total. The van der Waals surface area contributed by atoms with Gasteiger partial charge in [-0.3, -0.25) is 14.4 Å². The number of ketones is 1. The summed E-state index contributed by atoms with van der Waals surface area (Å²) < 4.78 is 17.2. The summed E-state index contributed by atoms with van der Waals surface area (Å²) in [6.45, 7) is 5.10. The molecule has 1 saturated heterocycles. The molecule has 0 aromatic heterocycles. The molecule has 3 aliphatic rings. The molecule has 224 valence electrons. The molecule has 0 bridgehead atoms. The van der Waals surface area contributed by atoms with E-state index in [2.05, 4.69) is 19.2 Å². The normalized spacial score (nSPS) is 20.2. The van der Waals surface area contributed by atoms with Crippen molar-refractivity contribution in [2.24, 2.45) is 17.1 Å². The highest BCUT2D eigenvalue weighted by atomic mass is 16.5. The molecule has 2 aromatic rings. The van der Waals surface area contributed by atoms with Crippen molar-refractivity contribution >= 4 is 29.0 Å². The second kappa shape index (κ2) is 11.6. The number of anilines is 2. The second-order valence-corrected chi connectivity index (χ2v) is 12.0. The Kier molecular flexibility index (Phi) is 8.08. The highest BCUT2D eigenvalue weighted by molar-refractivity contribution is 6.02. The maximum Gasteiger partial charge on any atom is 0.242 e. The maximum atomic E-state index is 14.1. The summed E-state index contributed by atoms with van der Waals surface area (Å²) in [5.41, 5.74) is 9.04. The molecular formula is C32H40N4O6. The Bertz CT molecular complexity index is 1430. The van der Waals surface area contributed by atoms with Crippen molar-refractivity contribution in [3.8, 4) is 17.2 Å². The van der Waals surface area contributed by atoms with Crippen LogP contribution in [0.25, 0.3) is 0 Å². The lowest BCUT2D eigenvalue weighted by Gasteiger charge is -2.39. The lowest BCUT2D eigenvalue weighted by molar-refractivity contribution is -0.133. The first kappa shape index (κ1) is 29.3. The fourth-order valence-corrected chi connectivity index (χ4v) is 6.55. The van der Waals surface area contributed by atoms with Gasteiger partial charge in [0, 0.05) is 42.3 Å². The number of nitrogens with zero attached hydrogens (tertiary/aromatic N) is 2. The highest BCUT2D eigenvalue weighted by Gasteiger charge is 2.44. The van der Waals surface area contributed by atoms with Crippen LogP contribution in [0, 0.1) is 11.3 Å². The average molecular weight is 577 g/mol. The molecule has 5 rings (SSSR count). The van der Waals surface area contributed by atoms with Gasteiger partial charge in [0.05, 0.1) is 45.3 Å². The average Bonchev–Trinajstić information content (AvgIpc) is 3.09. The Hall–Kier alpha value is -4.21. The number of benzene rings is 2. The molecule has 1 unspecified atom stereocenters. The Morgan fingerprint density at radius 1 is 0.976 bits per heavy atom. The van der Waals surface area contributed by atoms with Crippen molar-refractivity contribution in [1.29, 1.82) is 0 Å². The standard InChI is InChI=1S/C32H40N4O6/c1-32(2)16-22-27(24(37)17-32)28(20-10-11-25(40-3)30(42-5)29(20)41-4)36(23-9-7-6-8-21(23)34-22)18-26(38)35-14-12-19(13-15-35)31(33)39/h6-11,19,28,34H,12-18H2,1-5H3,(H2,33,39). The number of methoxy groups -OCH3 is 3. The summed E-state index contributed by atoms with van der Waals surface area (Å²) in [6, 6.07) is 10.8. The third kappa shape index (κ3) is 5.37. The zero-order valence-electron chi connectivity index (χ0n) is 25.0. The molecule has 10 nitrogen and oxygen atoms in total. The molecule has 10 heteroatoms. The van der Waals surface area contributed by atoms with E-state index >= 15 is 0 Å². The number of likely N-dealkylation sites (tertiary alicyclic amines) is 1. The van der Waals surface area contributed by atoms with E-state index in [9.17, 15) is 14.4 Å². The predicted molar refractivity (Wildman–Crippen MR) is 160 cm³/mol. The number of hydrogen-bond donors (Lipinski definition) is 2. The molecule has 1 aliphatic carbocycles. The van der Waals surface area contributed by atoms with Crippen LogP contribution in [0.1, 0.15) is 51.1 Å². The van der Waals surface area contributed by atoms with Crippen molar-refractivity contribution < 1.29 is 28.6 Å². The number of amides is 2. The van der Waals surface area contributed by atoms with Crippen molar-refractivity contribution in [1.82, 2.24) is 4.90 Å². The van der Waals surface area contributed by atoms with E-state index in [0.717, 1.165) is 17.1 Å². The topological polar surface area (TPSA) is 123 Å². The van der Waals surface area contributed by atoms with Gasteiger partial charge in [-0.25, -0.2) is 0 Å². The largest absolute Gasteiger partial charge is 0.493 e. The number of rotatable bonds is 7. The zero-order chi connectivity index (χ0) is 30.2. The third-order valence-electron chi connectivity index (χ3n) is 8.59. The molecule has 1 fully saturated rings. The minimum atomic E-state index is -0.651. The van der Waals surface area contributed by atoms with Gasteiger partial charge in [-0.15, -0.1) is 0 Å². The second-order valence-electron chi connectivity index (χ2n) is 12.0. The van der Waals surface area contributed by atoms with Crippen LogP contribution in [0.15, 0.2) is 47.7 Å². The quantitative estimate of drug-likeness (QED) is 0.506. The molecule has 2 amide bonds. The Balaban J connectivity index is 1.68. The van der Waals surface area contributed by atoms with Crippen LogP contribution in [0.3, 0.4) is 0 Å². The first-order chi connectivity index (χ1) is 20.1. The van der Waals surface area contributed by atoms with Gasteiger partial charge in [-0.2, -0.15) is 0 Å². The van der Waals surface area contributed by atoms with Crippen LogP contribution in [-0.4, -0.2) is 63.5 Å². The van der Waals surface area contributed by atoms with Gasteiger partial charge in [0.1, 0.15) is 0 Å². The fraction of sp³-hybridized carbons (Fsp3) is 0.469. The van der Waals surface area contributed by atoms with Crippen LogP contribution < -0.4 is 30.2 Å². The van der Waals surface area contributed by atoms with Crippen LogP contribution in [0.4, 0.5) is 11.4 Å². The summed E-state index contributed by atoms with van der Waals surface area (Å²) in [4.78, 5) is 43.5. The van der Waals surface area contributed by atoms with Crippen molar-refractivity contribution in [2.75, 3.05) is 51.2 Å². The number of nitrogens with one attached hydrogen (secondary N) is 1. The zero-order valence-corrected chi connectivity index (χ0v) is 25.0. The van der Waals surface area contributed by atoms with E-state index in [0.29, 0.717) is 67.2 Å². The van der Waals surface area contributed by atoms with Crippen molar-refractivity contribution in [3.63, 3.8) is 0 Å². The number of Topliss-reactive ketones (excluding diaryl/α,β-unsaturated/α-hetero) is 1. The lowest BCUT2D eigenvalue weighted by Crippen LogP contribution is -2.47. The number of carbonyl (C=O) groups excluding carboxylic acids is 3. The first-order valence-corrected chi connectivity index (χ1v) is 14.3. The Morgan fingerprint density at radius 2 is 1.67 bits per heavy atom. The third-order valence-corrected chi connectivity index (χ3v) is 8.59. The number of piperidine rings is 1. The number of fused-ring (bicyclic) bond motifs is 1. The number of para-hydroxylation sites is 2. The van der Waals surface area contributed by atoms with Crippen molar-refractivity contribution in [2.45, 2.75) is 45.6 Å². The summed E-state index contributed by atoms with van der Waals surface area (Å²) in [7, 11) is 4.66. The molecule has 42 heavy (non-hydrogen) atoms. The SMILES string of the molecule is COc1ccc(C2C3=C(CC(C)(C)CC3=O)Nc3ccccc3N2CC(=O)N2CCC(C(N)=O)CC2)c(OC)c1OC. The van der Waals surface area contributed by atoms with Crippen LogP contribution in [0.2, 0.25) is 0 Å². The van der Waals surface area contributed by atoms with Gasteiger partial charge < -0.3 is 35.1 Å². The van der Waals surface area contributed by atoms with Gasteiger partial charge in [-0.05, 0) is 48.9 Å². The van der Waals surface area contributed by atoms with Gasteiger partial charge in [0.15, 0.2) is 17.3 Å². The molecule has 0 radical (unpaired) electrons. The number of allylic oxidation sites excluding steroid dienone is 1. The van der Waals surface area contributed by atoms with Crippen LogP contribution in [0.5, 0.6) is 17.2 Å². The molecule has 0 spiro atoms. The Morgan fingerprint density at radius 3 is 2.31 bits per heavy atom. The van der Waals surface area contributed by atoms with Crippen molar-refractivity contribution in [3.05, 3.63) is 53.2 Å². The molecular weight excluding hydrogens is 536 g/mol. The van der Waals surface area contributed by atoms with E-state index in [1.165, 1.54) is 0 Å². The highest BCUT2D eigenvalue weighted by Crippen LogP contribution is 2.52. The summed E-state index contributed by atoms with van der Waals surface area (Å²) in [6.07, 6.45) is 2.11. The monoisotopic (exact) mass is 576 g/mol. The van der Waals surface area contributed by atoms with E-state index < -0.39 is 6.04 Å². The Labute approximate surface area is 246 Å². The number of hydrogen-bond acceptors (Lipinski definition) is 8. The number of nitrogens with two attached hydrogens (primary N) is 1. The van der Waals surface area contributed by atoms with Crippen LogP contribution >= 0.6 is 0 Å². The van der Waals surface area contributed by atoms with E-state index in [-0.39, 0.29) is 35.5 Å². The fourth-order valence-electron chi connectivity index (χ4n) is 6.55. The maximum absolute atomic E-state index is 14.1. The van der Waals surface area contributed by atoms with E-state index in [1.54, 1.807) is 32.3 Å². The number of ether oxygens (including phenoxy) is 3. The summed E-state index contributed by atoms with van der Waals surface area (Å²) >= 11 is 0. The van der Waals surface area contributed by atoms with E-state index in [1.807, 2.05) is 35.2 Å². The summed E-state index contributed by atoms with van der Waals surface area (Å²) in [5, 5.41) is 3.58. The van der Waals surface area contributed by atoms with Crippen LogP contribution in [-0.2, 0) is 14.4 Å². The van der Waals surface area contributed by atoms with Gasteiger partial charge in [0.25, 0.3) is 0 Å². The number of carbonyl (C=O) groups is 3. The van der Waals surface area contributed by atoms with Gasteiger partial charge >= 0.3 is 0 Å². The molecule has 0 saturated carbocycles. The summed E-state index contributed by atoms with van der Waals surface area (Å²) in [5.74, 6) is 0.715. The van der Waals surface area contributed by atoms with E-state index in [4.69, 9.17) is 19.9 Å². The molecule has 1 atom stereocenters. The lowest BCUT2D eigenvalue weighted by atomic mass is 9.73. The molecule has 2 aromatic carbocycles. The van der Waals surface area contributed by atoms with Gasteiger partial charge in [-0.1, -0.05) is 26.0 Å². The minimum absolute atomic E-state index is 0.00947. The molecule has 2 aliphatic heterocycles. The first-order valence-electron chi connectivity index (χ1n) is 14.3.